The highest BCUT2D eigenvalue weighted by atomic mass is 16.2. The minimum Gasteiger partial charge on any atom is -0.341 e. The first-order chi connectivity index (χ1) is 9.70. The fraction of sp³-hybridized carbons (Fsp3) is 0.800. The van der Waals surface area contributed by atoms with Crippen LogP contribution in [0.25, 0.3) is 0 Å². The summed E-state index contributed by atoms with van der Waals surface area (Å²) in [5.74, 6) is 2.15. The van der Waals surface area contributed by atoms with E-state index in [1.54, 1.807) is 6.33 Å². The van der Waals surface area contributed by atoms with Gasteiger partial charge in [-0.05, 0) is 31.1 Å². The largest absolute Gasteiger partial charge is 0.341 e. The molecule has 0 aromatic carbocycles. The van der Waals surface area contributed by atoms with E-state index in [-0.39, 0.29) is 0 Å². The first-order valence-corrected chi connectivity index (χ1v) is 7.82. The third-order valence-electron chi connectivity index (χ3n) is 5.82. The van der Waals surface area contributed by atoms with Crippen LogP contribution in [0.15, 0.2) is 6.33 Å². The summed E-state index contributed by atoms with van der Waals surface area (Å²) in [7, 11) is 2.01. The van der Waals surface area contributed by atoms with E-state index < -0.39 is 0 Å². The fourth-order valence-electron chi connectivity index (χ4n) is 4.15. The average Bonchev–Trinajstić information content (AvgIpc) is 2.88. The van der Waals surface area contributed by atoms with E-state index in [9.17, 15) is 4.79 Å². The molecule has 5 heteroatoms. The summed E-state index contributed by atoms with van der Waals surface area (Å²) in [5, 5.41) is 8.35. The molecule has 2 aliphatic carbocycles. The molecule has 1 aromatic rings. The summed E-state index contributed by atoms with van der Waals surface area (Å²) >= 11 is 0. The van der Waals surface area contributed by atoms with Crippen molar-refractivity contribution in [1.82, 2.24) is 19.7 Å². The lowest BCUT2D eigenvalue weighted by Gasteiger charge is -2.42. The van der Waals surface area contributed by atoms with Crippen molar-refractivity contribution in [3.63, 3.8) is 0 Å². The third kappa shape index (κ3) is 1.64. The van der Waals surface area contributed by atoms with Gasteiger partial charge in [0.05, 0.1) is 0 Å². The van der Waals surface area contributed by atoms with Crippen LogP contribution < -0.4 is 0 Å². The van der Waals surface area contributed by atoms with Crippen LogP contribution in [0.2, 0.25) is 0 Å². The Labute approximate surface area is 119 Å². The normalized spacial score (nSPS) is 28.4. The number of hydrogen-bond acceptors (Lipinski definition) is 3. The molecule has 1 saturated heterocycles. The summed E-state index contributed by atoms with van der Waals surface area (Å²) in [6.07, 6.45) is 8.95. The number of nitrogens with zero attached hydrogens (tertiary/aromatic N) is 4. The Balaban J connectivity index is 1.59. The molecule has 3 aliphatic rings. The van der Waals surface area contributed by atoms with Gasteiger partial charge >= 0.3 is 0 Å². The highest BCUT2D eigenvalue weighted by molar-refractivity contribution is 5.80. The Morgan fingerprint density at radius 3 is 2.65 bits per heavy atom. The van der Waals surface area contributed by atoms with E-state index in [1.807, 2.05) is 11.6 Å². The maximum Gasteiger partial charge on any atom is 0.225 e. The molecule has 5 nitrogen and oxygen atoms in total. The van der Waals surface area contributed by atoms with Gasteiger partial charge in [0, 0.05) is 32.0 Å². The minimum absolute atomic E-state index is 0.292. The van der Waals surface area contributed by atoms with Gasteiger partial charge in [0.15, 0.2) is 0 Å². The summed E-state index contributed by atoms with van der Waals surface area (Å²) in [6, 6.07) is 0. The first-order valence-electron chi connectivity index (χ1n) is 7.82. The fourth-order valence-corrected chi connectivity index (χ4v) is 4.15. The number of rotatable bonds is 2. The number of carbonyl (C=O) groups excluding carboxylic acids is 1. The van der Waals surface area contributed by atoms with Crippen molar-refractivity contribution in [2.24, 2.45) is 18.4 Å². The molecule has 1 unspecified atom stereocenters. The highest BCUT2D eigenvalue weighted by Gasteiger charge is 2.54. The van der Waals surface area contributed by atoms with Crippen LogP contribution in [0.5, 0.6) is 0 Å². The number of likely N-dealkylation sites (tertiary alicyclic amines) is 1. The third-order valence-corrected chi connectivity index (χ3v) is 5.82. The van der Waals surface area contributed by atoms with E-state index in [0.29, 0.717) is 23.2 Å². The van der Waals surface area contributed by atoms with Crippen molar-refractivity contribution >= 4 is 5.91 Å². The smallest absolute Gasteiger partial charge is 0.225 e. The van der Waals surface area contributed by atoms with Crippen molar-refractivity contribution < 1.29 is 4.79 Å². The Hall–Kier alpha value is -1.39. The number of carbonyl (C=O) groups is 1. The summed E-state index contributed by atoms with van der Waals surface area (Å²) in [6.45, 7) is 1.79. The zero-order valence-corrected chi connectivity index (χ0v) is 12.1. The van der Waals surface area contributed by atoms with Crippen LogP contribution in [-0.2, 0) is 11.8 Å². The topological polar surface area (TPSA) is 51.0 Å². The van der Waals surface area contributed by atoms with Gasteiger partial charge in [0.2, 0.25) is 5.91 Å². The van der Waals surface area contributed by atoms with Gasteiger partial charge in [-0.2, -0.15) is 0 Å². The maximum absolute atomic E-state index is 12.5. The molecule has 1 atom stereocenters. The molecule has 4 rings (SSSR count). The second kappa shape index (κ2) is 4.30. The van der Waals surface area contributed by atoms with Crippen LogP contribution in [0, 0.1) is 11.3 Å². The molecule has 0 radical (unpaired) electrons. The van der Waals surface area contributed by atoms with Gasteiger partial charge in [-0.25, -0.2) is 0 Å². The molecule has 1 amide bonds. The van der Waals surface area contributed by atoms with Crippen molar-refractivity contribution in [2.45, 2.75) is 44.4 Å². The number of aryl methyl sites for hydroxylation is 1. The lowest BCUT2D eigenvalue weighted by molar-refractivity contribution is -0.137. The van der Waals surface area contributed by atoms with Crippen LogP contribution in [-0.4, -0.2) is 38.7 Å². The van der Waals surface area contributed by atoms with E-state index in [1.165, 1.54) is 25.7 Å². The SMILES string of the molecule is Cn1cnnc1C1CN(C(=O)C2CCC2)CC12CCC2. The Morgan fingerprint density at radius 1 is 1.35 bits per heavy atom. The van der Waals surface area contributed by atoms with Crippen LogP contribution >= 0.6 is 0 Å². The van der Waals surface area contributed by atoms with Gasteiger partial charge in [-0.1, -0.05) is 12.8 Å². The molecule has 1 spiro atoms. The molecule has 2 heterocycles. The van der Waals surface area contributed by atoms with E-state index >= 15 is 0 Å². The average molecular weight is 274 g/mol. The molecule has 1 aliphatic heterocycles. The summed E-state index contributed by atoms with van der Waals surface area (Å²) in [5.41, 5.74) is 0.292. The quantitative estimate of drug-likeness (QED) is 0.825. The minimum atomic E-state index is 0.292. The number of amides is 1. The highest BCUT2D eigenvalue weighted by Crippen LogP contribution is 2.55. The van der Waals surface area contributed by atoms with Crippen molar-refractivity contribution in [2.75, 3.05) is 13.1 Å². The maximum atomic E-state index is 12.5. The van der Waals surface area contributed by atoms with Crippen LogP contribution in [0.4, 0.5) is 0 Å². The van der Waals surface area contributed by atoms with Crippen LogP contribution in [0.1, 0.15) is 50.3 Å². The summed E-state index contributed by atoms with van der Waals surface area (Å²) < 4.78 is 2.03. The zero-order valence-electron chi connectivity index (χ0n) is 12.1. The van der Waals surface area contributed by atoms with Crippen molar-refractivity contribution in [3.8, 4) is 0 Å². The van der Waals surface area contributed by atoms with Gasteiger partial charge in [0.25, 0.3) is 0 Å². The van der Waals surface area contributed by atoms with Crippen molar-refractivity contribution in [3.05, 3.63) is 12.2 Å². The molecule has 0 N–H and O–H groups in total. The van der Waals surface area contributed by atoms with Gasteiger partial charge in [0.1, 0.15) is 12.2 Å². The van der Waals surface area contributed by atoms with Gasteiger partial charge in [-0.15, -0.1) is 10.2 Å². The van der Waals surface area contributed by atoms with E-state index in [4.69, 9.17) is 0 Å². The first kappa shape index (κ1) is 12.4. The molecule has 0 bridgehead atoms. The second-order valence-corrected chi connectivity index (χ2v) is 6.92. The van der Waals surface area contributed by atoms with Crippen molar-refractivity contribution in [1.29, 1.82) is 0 Å². The summed E-state index contributed by atoms with van der Waals surface area (Å²) in [4.78, 5) is 14.7. The molecule has 1 aromatic heterocycles. The Bertz CT molecular complexity index is 530. The lowest BCUT2D eigenvalue weighted by atomic mass is 9.62. The predicted molar refractivity (Wildman–Crippen MR) is 73.9 cm³/mol. The molecule has 2 saturated carbocycles. The number of aromatic nitrogens is 3. The Morgan fingerprint density at radius 2 is 2.15 bits per heavy atom. The second-order valence-electron chi connectivity index (χ2n) is 6.92. The van der Waals surface area contributed by atoms with E-state index in [2.05, 4.69) is 15.1 Å². The predicted octanol–water partition coefficient (Wildman–Crippen LogP) is 1.71. The molecular formula is C15H22N4O. The lowest BCUT2D eigenvalue weighted by Crippen LogP contribution is -2.40. The standard InChI is InChI=1S/C15H22N4O/c1-18-10-16-17-13(18)12-8-19(9-15(12)6-3-7-15)14(20)11-4-2-5-11/h10-12H,2-9H2,1H3. The van der Waals surface area contributed by atoms with Gasteiger partial charge in [-0.3, -0.25) is 4.79 Å². The van der Waals surface area contributed by atoms with Crippen LogP contribution in [0.3, 0.4) is 0 Å². The Kier molecular flexibility index (Phi) is 2.66. The monoisotopic (exact) mass is 274 g/mol. The zero-order chi connectivity index (χ0) is 13.7. The molecular weight excluding hydrogens is 252 g/mol. The molecule has 3 fully saturated rings. The number of hydrogen-bond donors (Lipinski definition) is 0. The molecule has 20 heavy (non-hydrogen) atoms. The molecule has 108 valence electrons. The van der Waals surface area contributed by atoms with E-state index in [0.717, 1.165) is 31.8 Å². The van der Waals surface area contributed by atoms with Gasteiger partial charge < -0.3 is 9.47 Å².